The van der Waals surface area contributed by atoms with Gasteiger partial charge in [-0.2, -0.15) is 0 Å². The highest BCUT2D eigenvalue weighted by atomic mass is 16.5. The Morgan fingerprint density at radius 2 is 2.10 bits per heavy atom. The second kappa shape index (κ2) is 2.33. The van der Waals surface area contributed by atoms with Crippen LogP contribution in [0.3, 0.4) is 0 Å². The van der Waals surface area contributed by atoms with Crippen molar-refractivity contribution < 1.29 is 9.53 Å². The molecular formula is C7H11NO2. The van der Waals surface area contributed by atoms with Crippen molar-refractivity contribution in [1.29, 1.82) is 0 Å². The van der Waals surface area contributed by atoms with Gasteiger partial charge in [0.2, 0.25) is 0 Å². The van der Waals surface area contributed by atoms with Crippen molar-refractivity contribution in [1.82, 2.24) is 5.32 Å². The van der Waals surface area contributed by atoms with Crippen LogP contribution in [0.5, 0.6) is 0 Å². The van der Waals surface area contributed by atoms with E-state index in [0.717, 1.165) is 11.5 Å². The maximum Gasteiger partial charge on any atom is 0.264 e. The molecule has 1 aliphatic rings. The van der Waals surface area contributed by atoms with Gasteiger partial charge >= 0.3 is 0 Å². The van der Waals surface area contributed by atoms with Gasteiger partial charge in [0, 0.05) is 0 Å². The van der Waals surface area contributed by atoms with Gasteiger partial charge in [0.05, 0.1) is 5.70 Å². The van der Waals surface area contributed by atoms with Crippen LogP contribution >= 0.6 is 0 Å². The number of carbonyl (C=O) groups is 1. The summed E-state index contributed by atoms with van der Waals surface area (Å²) in [6.07, 6.45) is -0.344. The van der Waals surface area contributed by atoms with Crippen LogP contribution in [0.15, 0.2) is 11.5 Å². The van der Waals surface area contributed by atoms with Crippen LogP contribution in [0, 0.1) is 0 Å². The van der Waals surface area contributed by atoms with E-state index < -0.39 is 0 Å². The number of allylic oxidation sites excluding steroid dienone is 2. The summed E-state index contributed by atoms with van der Waals surface area (Å²) in [6.45, 7) is 5.38. The van der Waals surface area contributed by atoms with Gasteiger partial charge in [0.15, 0.2) is 6.10 Å². The maximum absolute atomic E-state index is 10.9. The largest absolute Gasteiger partial charge is 0.484 e. The normalized spacial score (nSPS) is 25.9. The van der Waals surface area contributed by atoms with E-state index in [4.69, 9.17) is 4.74 Å². The van der Waals surface area contributed by atoms with E-state index in [1.807, 2.05) is 13.8 Å². The molecule has 0 aromatic heterocycles. The SMILES string of the molecule is CC1=C(C)O[C@H](C)C(=O)N1. The summed E-state index contributed by atoms with van der Waals surface area (Å²) >= 11 is 0. The second-order valence-corrected chi connectivity index (χ2v) is 2.43. The molecule has 0 aliphatic carbocycles. The quantitative estimate of drug-likeness (QED) is 0.541. The Balaban J connectivity index is 2.79. The predicted molar refractivity (Wildman–Crippen MR) is 37.1 cm³/mol. The molecule has 0 unspecified atom stereocenters. The topological polar surface area (TPSA) is 38.3 Å². The van der Waals surface area contributed by atoms with E-state index in [9.17, 15) is 4.79 Å². The lowest BCUT2D eigenvalue weighted by molar-refractivity contribution is -0.130. The van der Waals surface area contributed by atoms with E-state index in [-0.39, 0.29) is 12.0 Å². The number of hydrogen-bond acceptors (Lipinski definition) is 2. The first-order valence-electron chi connectivity index (χ1n) is 3.26. The molecule has 1 N–H and O–H groups in total. The molecule has 0 aromatic rings. The first-order valence-corrected chi connectivity index (χ1v) is 3.26. The fourth-order valence-electron chi connectivity index (χ4n) is 0.782. The summed E-state index contributed by atoms with van der Waals surface area (Å²) in [5, 5.41) is 2.69. The van der Waals surface area contributed by atoms with Crippen molar-refractivity contribution in [3.05, 3.63) is 11.5 Å². The summed E-state index contributed by atoms with van der Waals surface area (Å²) in [5.41, 5.74) is 0.808. The Hall–Kier alpha value is -0.990. The molecule has 1 heterocycles. The third-order valence-corrected chi connectivity index (χ3v) is 1.56. The molecule has 1 atom stereocenters. The molecule has 0 spiro atoms. The zero-order chi connectivity index (χ0) is 7.72. The molecule has 1 aliphatic heterocycles. The molecule has 1 rings (SSSR count). The standard InChI is InChI=1S/C7H11NO2/c1-4-5(2)10-6(3)7(9)8-4/h6H,1-3H3,(H,8,9)/t6-/m1/s1. The summed E-state index contributed by atoms with van der Waals surface area (Å²) < 4.78 is 5.18. The van der Waals surface area contributed by atoms with Crippen LogP contribution in [-0.2, 0) is 9.53 Å². The van der Waals surface area contributed by atoms with E-state index >= 15 is 0 Å². The van der Waals surface area contributed by atoms with E-state index in [0.29, 0.717) is 0 Å². The molecule has 0 saturated carbocycles. The fourth-order valence-corrected chi connectivity index (χ4v) is 0.782. The van der Waals surface area contributed by atoms with Gasteiger partial charge in [0.1, 0.15) is 5.76 Å². The lowest BCUT2D eigenvalue weighted by Gasteiger charge is -2.22. The Bertz CT molecular complexity index is 196. The first kappa shape index (κ1) is 7.12. The van der Waals surface area contributed by atoms with Crippen LogP contribution in [0.4, 0.5) is 0 Å². The van der Waals surface area contributed by atoms with Crippen molar-refractivity contribution in [3.8, 4) is 0 Å². The number of rotatable bonds is 0. The van der Waals surface area contributed by atoms with Crippen LogP contribution in [-0.4, -0.2) is 12.0 Å². The minimum absolute atomic E-state index is 0.0666. The van der Waals surface area contributed by atoms with Gasteiger partial charge in [0.25, 0.3) is 5.91 Å². The smallest absolute Gasteiger partial charge is 0.264 e. The molecular weight excluding hydrogens is 130 g/mol. The van der Waals surface area contributed by atoms with Crippen LogP contribution in [0.2, 0.25) is 0 Å². The molecule has 0 bridgehead atoms. The summed E-state index contributed by atoms with van der Waals surface area (Å²) in [7, 11) is 0. The van der Waals surface area contributed by atoms with Crippen molar-refractivity contribution in [2.45, 2.75) is 26.9 Å². The van der Waals surface area contributed by atoms with Gasteiger partial charge in [-0.1, -0.05) is 0 Å². The molecule has 3 nitrogen and oxygen atoms in total. The van der Waals surface area contributed by atoms with Gasteiger partial charge in [-0.15, -0.1) is 0 Å². The third kappa shape index (κ3) is 1.12. The van der Waals surface area contributed by atoms with E-state index in [2.05, 4.69) is 5.32 Å². The average Bonchev–Trinajstić information content (AvgIpc) is 1.84. The highest BCUT2D eigenvalue weighted by molar-refractivity contribution is 5.82. The Morgan fingerprint density at radius 3 is 2.60 bits per heavy atom. The second-order valence-electron chi connectivity index (χ2n) is 2.43. The van der Waals surface area contributed by atoms with E-state index in [1.165, 1.54) is 0 Å². The van der Waals surface area contributed by atoms with Gasteiger partial charge in [-0.3, -0.25) is 4.79 Å². The van der Waals surface area contributed by atoms with Crippen LogP contribution in [0.25, 0.3) is 0 Å². The van der Waals surface area contributed by atoms with E-state index in [1.54, 1.807) is 6.92 Å². The lowest BCUT2D eigenvalue weighted by atomic mass is 10.3. The molecule has 0 fully saturated rings. The van der Waals surface area contributed by atoms with Crippen molar-refractivity contribution in [3.63, 3.8) is 0 Å². The summed E-state index contributed by atoms with van der Waals surface area (Å²) in [6, 6.07) is 0. The van der Waals surface area contributed by atoms with Crippen molar-refractivity contribution in [2.75, 3.05) is 0 Å². The molecule has 1 amide bonds. The molecule has 10 heavy (non-hydrogen) atoms. The third-order valence-electron chi connectivity index (χ3n) is 1.56. The fraction of sp³-hybridized carbons (Fsp3) is 0.571. The molecule has 3 heteroatoms. The predicted octanol–water partition coefficient (Wildman–Crippen LogP) is 0.773. The molecule has 0 radical (unpaired) electrons. The Morgan fingerprint density at radius 1 is 1.50 bits per heavy atom. The molecule has 0 aromatic carbocycles. The highest BCUT2D eigenvalue weighted by Crippen LogP contribution is 2.11. The molecule has 56 valence electrons. The zero-order valence-corrected chi connectivity index (χ0v) is 6.39. The Labute approximate surface area is 60.1 Å². The number of hydrogen-bond donors (Lipinski definition) is 1. The van der Waals surface area contributed by atoms with Crippen LogP contribution in [0.1, 0.15) is 20.8 Å². The monoisotopic (exact) mass is 141 g/mol. The van der Waals surface area contributed by atoms with Crippen molar-refractivity contribution in [2.24, 2.45) is 0 Å². The van der Waals surface area contributed by atoms with Gasteiger partial charge in [-0.25, -0.2) is 0 Å². The number of ether oxygens (including phenoxy) is 1. The summed E-state index contributed by atoms with van der Waals surface area (Å²) in [4.78, 5) is 10.9. The van der Waals surface area contributed by atoms with Gasteiger partial charge < -0.3 is 10.1 Å². The number of carbonyl (C=O) groups excluding carboxylic acids is 1. The number of nitrogens with one attached hydrogen (secondary N) is 1. The maximum atomic E-state index is 10.9. The minimum atomic E-state index is -0.344. The highest BCUT2D eigenvalue weighted by Gasteiger charge is 2.20. The first-order chi connectivity index (χ1) is 4.61. The zero-order valence-electron chi connectivity index (χ0n) is 6.39. The van der Waals surface area contributed by atoms with Crippen molar-refractivity contribution >= 4 is 5.91 Å². The summed E-state index contributed by atoms with van der Waals surface area (Å²) in [5.74, 6) is 0.732. The number of amides is 1. The van der Waals surface area contributed by atoms with Crippen LogP contribution < -0.4 is 5.32 Å². The average molecular weight is 141 g/mol. The Kier molecular flexibility index (Phi) is 1.66. The minimum Gasteiger partial charge on any atom is -0.484 e. The lowest BCUT2D eigenvalue weighted by Crippen LogP contribution is -2.37. The van der Waals surface area contributed by atoms with Gasteiger partial charge in [-0.05, 0) is 20.8 Å². The molecule has 0 saturated heterocycles.